The van der Waals surface area contributed by atoms with E-state index < -0.39 is 5.38 Å². The van der Waals surface area contributed by atoms with E-state index in [4.69, 9.17) is 11.6 Å². The molecule has 2 aromatic rings. The van der Waals surface area contributed by atoms with Gasteiger partial charge in [0.15, 0.2) is 0 Å². The summed E-state index contributed by atoms with van der Waals surface area (Å²) < 4.78 is 1.36. The highest BCUT2D eigenvalue weighted by molar-refractivity contribution is 6.32. The number of carbonyl (C=O) groups is 1. The lowest BCUT2D eigenvalue weighted by Crippen LogP contribution is -2.23. The second-order valence-electron chi connectivity index (χ2n) is 4.40. The highest BCUT2D eigenvalue weighted by Gasteiger charge is 2.15. The normalized spacial score (nSPS) is 12.2. The lowest BCUT2D eigenvalue weighted by molar-refractivity contribution is -0.115. The van der Waals surface area contributed by atoms with Gasteiger partial charge in [-0.3, -0.25) is 14.6 Å². The van der Waals surface area contributed by atoms with Crippen LogP contribution in [-0.4, -0.2) is 31.0 Å². The number of anilines is 1. The van der Waals surface area contributed by atoms with Gasteiger partial charge in [0.05, 0.1) is 5.69 Å². The second kappa shape index (κ2) is 5.46. The minimum absolute atomic E-state index is 0.237. The van der Waals surface area contributed by atoms with Crippen LogP contribution in [0.1, 0.15) is 18.3 Å². The van der Waals surface area contributed by atoms with Gasteiger partial charge in [0.25, 0.3) is 5.56 Å². The molecule has 0 aliphatic heterocycles. The Hall–Kier alpha value is -2.15. The van der Waals surface area contributed by atoms with Crippen LogP contribution in [0.5, 0.6) is 0 Å². The molecule has 0 radical (unpaired) electrons. The first-order valence-corrected chi connectivity index (χ1v) is 6.40. The summed E-state index contributed by atoms with van der Waals surface area (Å²) in [6, 6.07) is 3.04. The Morgan fingerprint density at radius 1 is 1.40 bits per heavy atom. The Morgan fingerprint density at radius 3 is 2.70 bits per heavy atom. The average molecular weight is 296 g/mol. The van der Waals surface area contributed by atoms with E-state index in [-0.39, 0.29) is 17.4 Å². The maximum atomic E-state index is 11.7. The number of hydrogen-bond donors (Lipinski definition) is 2. The van der Waals surface area contributed by atoms with Crippen LogP contribution in [-0.2, 0) is 4.79 Å². The molecule has 0 saturated carbocycles. The molecule has 2 N–H and O–H groups in total. The van der Waals surface area contributed by atoms with E-state index in [0.717, 1.165) is 0 Å². The molecule has 0 spiro atoms. The smallest absolute Gasteiger partial charge is 0.252 e. The first kappa shape index (κ1) is 14.3. The molecule has 0 bridgehead atoms. The predicted molar refractivity (Wildman–Crippen MR) is 75.4 cm³/mol. The molecule has 0 aliphatic rings. The largest absolute Gasteiger partial charge is 0.309 e. The number of alkyl halides is 1. The zero-order valence-corrected chi connectivity index (χ0v) is 12.0. The van der Waals surface area contributed by atoms with E-state index in [2.05, 4.69) is 20.4 Å². The van der Waals surface area contributed by atoms with Crippen molar-refractivity contribution in [3.8, 4) is 5.95 Å². The summed E-state index contributed by atoms with van der Waals surface area (Å²) in [5.74, 6) is 0.275. The molecule has 0 aliphatic carbocycles. The lowest BCUT2D eigenvalue weighted by Gasteiger charge is -2.09. The minimum atomic E-state index is -0.678. The summed E-state index contributed by atoms with van der Waals surface area (Å²) in [6.07, 6.45) is 0. The monoisotopic (exact) mass is 295 g/mol. The number of nitrogens with zero attached hydrogens (tertiary/aromatic N) is 3. The Balaban J connectivity index is 2.46. The fraction of sp³-hybridized carbons (Fsp3) is 0.333. The Morgan fingerprint density at radius 2 is 2.10 bits per heavy atom. The number of carbonyl (C=O) groups excluding carboxylic acids is 1. The topological polar surface area (TPSA) is 92.7 Å². The summed E-state index contributed by atoms with van der Waals surface area (Å²) in [5.41, 5.74) is 0.940. The van der Waals surface area contributed by atoms with Gasteiger partial charge in [-0.1, -0.05) is 0 Å². The molecule has 0 aromatic carbocycles. The minimum Gasteiger partial charge on any atom is -0.309 e. The van der Waals surface area contributed by atoms with Crippen LogP contribution in [0, 0.1) is 13.8 Å². The molecular formula is C12H14ClN5O2. The number of aromatic nitrogens is 4. The van der Waals surface area contributed by atoms with Crippen LogP contribution in [0.25, 0.3) is 5.95 Å². The molecule has 106 valence electrons. The maximum absolute atomic E-state index is 11.7. The Labute approximate surface area is 120 Å². The third kappa shape index (κ3) is 3.05. The van der Waals surface area contributed by atoms with Gasteiger partial charge in [0.2, 0.25) is 11.9 Å². The quantitative estimate of drug-likeness (QED) is 0.830. The van der Waals surface area contributed by atoms with E-state index in [1.165, 1.54) is 10.7 Å². The van der Waals surface area contributed by atoms with Crippen molar-refractivity contribution in [3.63, 3.8) is 0 Å². The molecule has 1 atom stereocenters. The molecule has 1 amide bonds. The third-order valence-corrected chi connectivity index (χ3v) is 2.70. The van der Waals surface area contributed by atoms with Crippen molar-refractivity contribution in [1.29, 1.82) is 0 Å². The van der Waals surface area contributed by atoms with Crippen LogP contribution < -0.4 is 10.9 Å². The van der Waals surface area contributed by atoms with Gasteiger partial charge in [-0.25, -0.2) is 4.98 Å². The van der Waals surface area contributed by atoms with E-state index in [1.54, 1.807) is 26.8 Å². The zero-order valence-electron chi connectivity index (χ0n) is 11.3. The molecule has 2 rings (SSSR count). The number of hydrogen-bond acceptors (Lipinski definition) is 4. The summed E-state index contributed by atoms with van der Waals surface area (Å²) >= 11 is 5.72. The number of rotatable bonds is 3. The van der Waals surface area contributed by atoms with E-state index >= 15 is 0 Å². The van der Waals surface area contributed by atoms with Crippen molar-refractivity contribution in [2.24, 2.45) is 0 Å². The average Bonchev–Trinajstić information content (AvgIpc) is 2.68. The Bertz CT molecular complexity index is 704. The zero-order chi connectivity index (χ0) is 14.9. The number of aryl methyl sites for hydroxylation is 2. The first-order chi connectivity index (χ1) is 9.36. The van der Waals surface area contributed by atoms with Gasteiger partial charge in [-0.15, -0.1) is 11.6 Å². The van der Waals surface area contributed by atoms with E-state index in [0.29, 0.717) is 17.2 Å². The van der Waals surface area contributed by atoms with Gasteiger partial charge in [-0.05, 0) is 20.8 Å². The van der Waals surface area contributed by atoms with Crippen molar-refractivity contribution >= 4 is 23.3 Å². The van der Waals surface area contributed by atoms with Crippen LogP contribution >= 0.6 is 11.6 Å². The number of aromatic amines is 1. The fourth-order valence-corrected chi connectivity index (χ4v) is 1.69. The predicted octanol–water partition coefficient (Wildman–Crippen LogP) is 1.14. The van der Waals surface area contributed by atoms with Crippen LogP contribution in [0.4, 0.5) is 5.82 Å². The lowest BCUT2D eigenvalue weighted by atomic mass is 10.4. The first-order valence-electron chi connectivity index (χ1n) is 5.97. The van der Waals surface area contributed by atoms with Crippen LogP contribution in [0.2, 0.25) is 0 Å². The van der Waals surface area contributed by atoms with Crippen LogP contribution in [0.3, 0.4) is 0 Å². The van der Waals surface area contributed by atoms with Gasteiger partial charge >= 0.3 is 0 Å². The molecule has 2 heterocycles. The van der Waals surface area contributed by atoms with Crippen molar-refractivity contribution in [1.82, 2.24) is 19.7 Å². The highest BCUT2D eigenvalue weighted by atomic mass is 35.5. The maximum Gasteiger partial charge on any atom is 0.252 e. The summed E-state index contributed by atoms with van der Waals surface area (Å²) in [5, 5.41) is 6.16. The molecule has 0 saturated heterocycles. The Kier molecular flexibility index (Phi) is 3.89. The third-order valence-electron chi connectivity index (χ3n) is 2.50. The van der Waals surface area contributed by atoms with Gasteiger partial charge < -0.3 is 5.32 Å². The fourth-order valence-electron chi connectivity index (χ4n) is 1.64. The molecule has 0 unspecified atom stereocenters. The van der Waals surface area contributed by atoms with Crippen molar-refractivity contribution < 1.29 is 4.79 Å². The van der Waals surface area contributed by atoms with Crippen molar-refractivity contribution in [2.75, 3.05) is 5.32 Å². The van der Waals surface area contributed by atoms with Gasteiger partial charge in [-0.2, -0.15) is 9.78 Å². The number of H-pyrrole nitrogens is 1. The standard InChI is InChI=1S/C12H14ClN5O2/c1-6-5-10(19)16-12(14-6)18-9(4-7(2)17-18)15-11(20)8(3)13/h4-5,8H,1-3H3,(H,15,20)(H,14,16,19)/t8-/m0/s1. The van der Waals surface area contributed by atoms with Gasteiger partial charge in [0, 0.05) is 17.8 Å². The van der Waals surface area contributed by atoms with E-state index in [1.807, 2.05) is 0 Å². The molecule has 20 heavy (non-hydrogen) atoms. The number of amides is 1. The van der Waals surface area contributed by atoms with E-state index in [9.17, 15) is 9.59 Å². The molecule has 7 nitrogen and oxygen atoms in total. The molecule has 8 heteroatoms. The van der Waals surface area contributed by atoms with Crippen molar-refractivity contribution in [2.45, 2.75) is 26.1 Å². The molecule has 2 aromatic heterocycles. The highest BCUT2D eigenvalue weighted by Crippen LogP contribution is 2.14. The van der Waals surface area contributed by atoms with Crippen LogP contribution in [0.15, 0.2) is 16.9 Å². The summed E-state index contributed by atoms with van der Waals surface area (Å²) in [7, 11) is 0. The number of nitrogens with one attached hydrogen (secondary N) is 2. The second-order valence-corrected chi connectivity index (χ2v) is 5.05. The number of halogens is 1. The summed E-state index contributed by atoms with van der Waals surface area (Å²) in [4.78, 5) is 29.9. The molecule has 0 fully saturated rings. The van der Waals surface area contributed by atoms with Crippen molar-refractivity contribution in [3.05, 3.63) is 33.9 Å². The van der Waals surface area contributed by atoms with Gasteiger partial charge in [0.1, 0.15) is 11.2 Å². The molecular weight excluding hydrogens is 282 g/mol. The SMILES string of the molecule is Cc1cc(=O)[nH]c(-n2nc(C)cc2NC(=O)[C@H](C)Cl)n1. The summed E-state index contributed by atoms with van der Waals surface area (Å²) in [6.45, 7) is 5.04.